The van der Waals surface area contributed by atoms with E-state index in [4.69, 9.17) is 19.2 Å². The maximum absolute atomic E-state index is 16.9. The molecule has 4 aromatic heterocycles. The van der Waals surface area contributed by atoms with Crippen molar-refractivity contribution in [2.45, 2.75) is 103 Å². The van der Waals surface area contributed by atoms with Gasteiger partial charge in [-0.15, -0.1) is 11.3 Å². The summed E-state index contributed by atoms with van der Waals surface area (Å²) in [4.78, 5) is 73.2. The Kier molecular flexibility index (Phi) is 18.8. The lowest BCUT2D eigenvalue weighted by Gasteiger charge is -2.30. The van der Waals surface area contributed by atoms with Gasteiger partial charge in [0.1, 0.15) is 35.3 Å². The summed E-state index contributed by atoms with van der Waals surface area (Å²) in [5.74, 6) is 0.219. The van der Waals surface area contributed by atoms with Gasteiger partial charge in [0.2, 0.25) is 18.0 Å². The summed E-state index contributed by atoms with van der Waals surface area (Å²) in [6.07, 6.45) is 4.20. The largest absolute Gasteiger partial charge is 0.464 e. The molecule has 2 aromatic carbocycles. The number of carbonyl (C=O) groups is 4. The third-order valence-electron chi connectivity index (χ3n) is 13.4. The summed E-state index contributed by atoms with van der Waals surface area (Å²) < 4.78 is 35.3. The number of imidazole rings is 2. The lowest BCUT2D eigenvalue weighted by atomic mass is 10.0. The van der Waals surface area contributed by atoms with Gasteiger partial charge in [0.15, 0.2) is 0 Å². The fraction of sp³-hybridized carbons (Fsp3) is 0.440. The van der Waals surface area contributed by atoms with E-state index in [-0.39, 0.29) is 95.3 Å². The molecule has 17 nitrogen and oxygen atoms in total. The molecule has 4 amide bonds. The Morgan fingerprint density at radius 3 is 1.81 bits per heavy atom. The Bertz CT molecular complexity index is 2950. The third-order valence-corrected chi connectivity index (χ3v) is 14.8. The number of nitrogens with zero attached hydrogens (tertiary/aromatic N) is 5. The Morgan fingerprint density at radius 2 is 1.32 bits per heavy atom. The molecule has 9 rings (SSSR count). The van der Waals surface area contributed by atoms with Crippen molar-refractivity contribution in [1.29, 1.82) is 0 Å². The topological polar surface area (TPSA) is 209 Å². The first-order chi connectivity index (χ1) is 32.9. The number of amides is 4. The molecule has 23 heteroatoms. The molecule has 2 fully saturated rings. The Balaban J connectivity index is 0.00000247. The predicted octanol–water partition coefficient (Wildman–Crippen LogP) is 9.00. The number of likely N-dealkylation sites (tertiary alicyclic amines) is 2. The quantitative estimate of drug-likeness (QED) is 0.0786. The highest BCUT2D eigenvalue weighted by Crippen LogP contribution is 2.49. The molecule has 0 radical (unpaired) electrons. The molecule has 3 aliphatic rings. The number of benzene rings is 2. The van der Waals surface area contributed by atoms with Crippen LogP contribution < -0.4 is 15.4 Å². The zero-order chi connectivity index (χ0) is 49.1. The smallest absolute Gasteiger partial charge is 0.407 e. The van der Waals surface area contributed by atoms with Crippen LogP contribution >= 0.6 is 65.3 Å². The van der Waals surface area contributed by atoms with Crippen molar-refractivity contribution in [2.24, 2.45) is 11.8 Å². The summed E-state index contributed by atoms with van der Waals surface area (Å²) in [7, 11) is 2.53. The van der Waals surface area contributed by atoms with Crippen LogP contribution in [0.25, 0.3) is 44.7 Å². The number of nitrogens with one attached hydrogen (secondary N) is 4. The highest BCUT2D eigenvalue weighted by molar-refractivity contribution is 7.59. The number of thiophene rings is 1. The van der Waals surface area contributed by atoms with E-state index in [1.54, 1.807) is 42.1 Å². The molecule has 5 atom stereocenters. The van der Waals surface area contributed by atoms with Crippen molar-refractivity contribution in [3.63, 3.8) is 0 Å². The Labute approximate surface area is 455 Å². The summed E-state index contributed by atoms with van der Waals surface area (Å²) in [6, 6.07) is 12.7. The van der Waals surface area contributed by atoms with Crippen LogP contribution in [-0.4, -0.2) is 103 Å². The highest BCUT2D eigenvalue weighted by Gasteiger charge is 2.40. The number of alkyl carbamates (subject to hydrolysis) is 2. The van der Waals surface area contributed by atoms with Gasteiger partial charge in [0, 0.05) is 34.5 Å². The molecule has 0 bridgehead atoms. The number of H-pyrrole nitrogens is 2. The van der Waals surface area contributed by atoms with Crippen molar-refractivity contribution in [1.82, 2.24) is 44.9 Å². The molecule has 7 heterocycles. The summed E-state index contributed by atoms with van der Waals surface area (Å²) in [6.45, 7) is 12.0. The van der Waals surface area contributed by atoms with E-state index >= 15 is 4.39 Å². The molecule has 0 saturated carbocycles. The second kappa shape index (κ2) is 23.5. The van der Waals surface area contributed by atoms with Crippen molar-refractivity contribution < 1.29 is 42.9 Å². The molecule has 0 aliphatic carbocycles. The number of hydrogen-bond donors (Lipinski definition) is 5. The lowest BCUT2D eigenvalue weighted by molar-refractivity contribution is -0.136. The third kappa shape index (κ3) is 11.4. The van der Waals surface area contributed by atoms with E-state index in [9.17, 15) is 24.3 Å². The second-order valence-corrected chi connectivity index (χ2v) is 20.3. The molecule has 2 saturated heterocycles. The van der Waals surface area contributed by atoms with Crippen LogP contribution in [0, 0.1) is 17.7 Å². The number of methoxy groups -OCH3 is 2. The van der Waals surface area contributed by atoms with Gasteiger partial charge < -0.3 is 49.7 Å². The predicted molar refractivity (Wildman–Crippen MR) is 298 cm³/mol. The number of rotatable bonds is 12. The van der Waals surface area contributed by atoms with Crippen LogP contribution in [-0.2, 0) is 24.7 Å². The SMILES string of the molecule is COC(=O)N[C@H](C(=O)N1CCC[C@H]1c1ncc(-c2cc(F)c3c(c2)OC(c2ccc(C(C)(C)O)s2)n2c-3cc3cc(-c4cnc([C@@H]5CCCN5C(=O)[C@@H](NC(=O)OC)C(C)C)[nH]4)ccc32)[nH]1)C(C)C.S.S.S.S. The van der Waals surface area contributed by atoms with E-state index in [1.807, 2.05) is 68.7 Å². The van der Waals surface area contributed by atoms with Gasteiger partial charge in [0.25, 0.3) is 0 Å². The van der Waals surface area contributed by atoms with E-state index in [1.165, 1.54) is 31.6 Å². The Hall–Kier alpha value is -5.33. The van der Waals surface area contributed by atoms with E-state index in [0.717, 1.165) is 44.8 Å². The normalized spacial score (nSPS) is 17.8. The first-order valence-electron chi connectivity index (χ1n) is 23.3. The maximum Gasteiger partial charge on any atom is 0.407 e. The van der Waals surface area contributed by atoms with Crippen molar-refractivity contribution in [2.75, 3.05) is 27.3 Å². The van der Waals surface area contributed by atoms with Gasteiger partial charge in [-0.25, -0.2) is 23.9 Å². The average molecular weight is 1100 g/mol. The number of ether oxygens (including phenoxy) is 3. The first kappa shape index (κ1) is 58.6. The number of aromatic amines is 2. The first-order valence-corrected chi connectivity index (χ1v) is 24.2. The number of carbonyl (C=O) groups excluding carboxylic acids is 4. The molecule has 73 heavy (non-hydrogen) atoms. The van der Waals surface area contributed by atoms with E-state index in [2.05, 4.69) is 25.6 Å². The van der Waals surface area contributed by atoms with Gasteiger partial charge in [-0.1, -0.05) is 33.8 Å². The second-order valence-electron chi connectivity index (χ2n) is 19.2. The Morgan fingerprint density at radius 1 is 0.781 bits per heavy atom. The maximum atomic E-state index is 16.9. The molecule has 396 valence electrons. The van der Waals surface area contributed by atoms with Crippen LogP contribution in [0.5, 0.6) is 5.75 Å². The van der Waals surface area contributed by atoms with Crippen molar-refractivity contribution >= 4 is 100 Å². The number of hydrogen-bond acceptors (Lipinski definition) is 11. The fourth-order valence-corrected chi connectivity index (χ4v) is 10.8. The van der Waals surface area contributed by atoms with Gasteiger partial charge in [-0.3, -0.25) is 14.2 Å². The minimum atomic E-state index is -1.10. The molecule has 3 aliphatic heterocycles. The van der Waals surface area contributed by atoms with Crippen LogP contribution in [0.4, 0.5) is 14.0 Å². The number of aliphatic hydroxyl groups is 1. The number of aromatic nitrogens is 5. The minimum absolute atomic E-state index is 0. The van der Waals surface area contributed by atoms with Crippen LogP contribution in [0.2, 0.25) is 0 Å². The molecular weight excluding hydrogens is 1030 g/mol. The number of fused-ring (bicyclic) bond motifs is 5. The van der Waals surface area contributed by atoms with Crippen LogP contribution in [0.1, 0.15) is 107 Å². The molecule has 1 unspecified atom stereocenters. The zero-order valence-corrected chi connectivity index (χ0v) is 46.7. The summed E-state index contributed by atoms with van der Waals surface area (Å²) in [5.41, 5.74) is 3.20. The average Bonchev–Trinajstić information content (AvgIpc) is 4.18. The van der Waals surface area contributed by atoms with Crippen LogP contribution in [0.15, 0.2) is 60.9 Å². The minimum Gasteiger partial charge on any atom is -0.464 e. The molecular formula is C50H66FN9O8S5. The monoisotopic (exact) mass is 1100 g/mol. The van der Waals surface area contributed by atoms with Gasteiger partial charge in [0.05, 0.1) is 77.3 Å². The highest BCUT2D eigenvalue weighted by atomic mass is 32.1. The lowest BCUT2D eigenvalue weighted by Crippen LogP contribution is -2.51. The number of halogens is 1. The fourth-order valence-electron chi connectivity index (χ4n) is 9.79. The standard InChI is InChI=1S/C50H58FN9O8S.4H2S/c1-25(2)41(56-48(63)66-7)45(61)58-17-9-11-34(58)43-52-23-31(54-43)27-13-14-33-29(19-27)21-36-40-30(51)20-28(22-37(40)68-47(60(33)36)38-15-16-39(69-38)50(5,6)65)32-24-53-44(55-32)35-12-10-18-59(35)46(62)42(26(3)4)57-49(64)67-8;;;;/h13-16,19-26,34-35,41-42,47,65H,9-12,17-18H2,1-8H3,(H,52,54)(H,53,55)(H,56,63)(H,57,64);4*1H2/t34-,35-,41-,42-,47?;;;;/m0..../s1. The van der Waals surface area contributed by atoms with Gasteiger partial charge in [-0.05, 0) is 93.8 Å². The summed E-state index contributed by atoms with van der Waals surface area (Å²) in [5, 5.41) is 17.2. The van der Waals surface area contributed by atoms with Gasteiger partial charge in [-0.2, -0.15) is 54.0 Å². The zero-order valence-electron chi connectivity index (χ0n) is 41.9. The van der Waals surface area contributed by atoms with Gasteiger partial charge >= 0.3 is 12.2 Å². The van der Waals surface area contributed by atoms with E-state index < -0.39 is 41.9 Å². The van der Waals surface area contributed by atoms with E-state index in [0.29, 0.717) is 60.3 Å². The van der Waals surface area contributed by atoms with Crippen molar-refractivity contribution in [3.8, 4) is 39.5 Å². The van der Waals surface area contributed by atoms with Crippen LogP contribution in [0.3, 0.4) is 0 Å². The molecule has 0 spiro atoms. The van der Waals surface area contributed by atoms with Crippen molar-refractivity contribution in [3.05, 3.63) is 88.1 Å². The molecule has 5 N–H and O–H groups in total. The summed E-state index contributed by atoms with van der Waals surface area (Å²) >= 11 is 1.42. The molecule has 6 aromatic rings.